The fraction of sp³-hybridized carbons (Fsp3) is 0.308. The fourth-order valence-electron chi connectivity index (χ4n) is 1.59. The summed E-state index contributed by atoms with van der Waals surface area (Å²) < 4.78 is 7.05. The lowest BCUT2D eigenvalue weighted by Crippen LogP contribution is -2.13. The quantitative estimate of drug-likeness (QED) is 0.859. The number of hydrogen-bond donors (Lipinski definition) is 2. The number of anilines is 1. The number of aromatic nitrogens is 2. The van der Waals surface area contributed by atoms with E-state index in [4.69, 9.17) is 10.5 Å². The van der Waals surface area contributed by atoms with Gasteiger partial charge < -0.3 is 15.6 Å². The maximum atomic E-state index is 9.21. The minimum atomic E-state index is -0.535. The summed E-state index contributed by atoms with van der Waals surface area (Å²) in [5.74, 6) is 0.999. The van der Waals surface area contributed by atoms with Gasteiger partial charge in [0.05, 0.1) is 17.4 Å². The van der Waals surface area contributed by atoms with Gasteiger partial charge in [0.2, 0.25) is 5.88 Å². The van der Waals surface area contributed by atoms with Crippen molar-refractivity contribution in [3.8, 4) is 11.6 Å². The number of nitrogens with zero attached hydrogens (tertiary/aromatic N) is 2. The number of ether oxygens (including phenoxy) is 1. The van der Waals surface area contributed by atoms with E-state index in [1.807, 2.05) is 37.3 Å². The largest absolute Gasteiger partial charge is 0.474 e. The first-order valence-electron chi connectivity index (χ1n) is 5.81. The summed E-state index contributed by atoms with van der Waals surface area (Å²) in [5.41, 5.74) is 7.66. The normalized spacial score (nSPS) is 12.4. The van der Waals surface area contributed by atoms with Crippen LogP contribution in [0.15, 0.2) is 30.3 Å². The maximum Gasteiger partial charge on any atom is 0.238 e. The van der Waals surface area contributed by atoms with Gasteiger partial charge in [-0.2, -0.15) is 0 Å². The molecule has 0 amide bonds. The molecule has 0 aliphatic carbocycles. The molecule has 0 saturated carbocycles. The maximum absolute atomic E-state index is 9.21. The second-order valence-electron chi connectivity index (χ2n) is 4.22. The van der Waals surface area contributed by atoms with Gasteiger partial charge in [-0.3, -0.25) is 0 Å². The van der Waals surface area contributed by atoms with Crippen molar-refractivity contribution in [2.75, 3.05) is 12.3 Å². The lowest BCUT2D eigenvalue weighted by atomic mass is 10.3. The molecule has 0 aliphatic rings. The Morgan fingerprint density at radius 3 is 2.67 bits per heavy atom. The minimum Gasteiger partial charge on any atom is -0.474 e. The molecule has 5 nitrogen and oxygen atoms in total. The molecule has 1 heterocycles. The number of nitrogen functional groups attached to an aromatic ring is 1. The van der Waals surface area contributed by atoms with Crippen LogP contribution in [-0.4, -0.2) is 27.6 Å². The minimum absolute atomic E-state index is 0.200. The van der Waals surface area contributed by atoms with Crippen LogP contribution in [0.1, 0.15) is 12.5 Å². The average Bonchev–Trinajstić information content (AvgIpc) is 2.65. The third-order valence-corrected chi connectivity index (χ3v) is 2.59. The van der Waals surface area contributed by atoms with E-state index in [2.05, 4.69) is 5.10 Å². The molecule has 0 unspecified atom stereocenters. The standard InChI is InChI=1S/C13H17N3O2/c1-9(17)8-18-13-10(2)12(14)16(15-13)11-6-4-3-5-7-11/h3-7,9,17H,8,14H2,1-2H3/t9-/m1/s1. The van der Waals surface area contributed by atoms with Crippen LogP contribution in [0.2, 0.25) is 0 Å². The molecule has 0 saturated heterocycles. The van der Waals surface area contributed by atoms with E-state index in [9.17, 15) is 5.11 Å². The predicted octanol–water partition coefficient (Wildman–Crippen LogP) is 1.52. The zero-order valence-corrected chi connectivity index (χ0v) is 10.5. The summed E-state index contributed by atoms with van der Waals surface area (Å²) in [4.78, 5) is 0. The third kappa shape index (κ3) is 2.46. The van der Waals surface area contributed by atoms with E-state index in [0.29, 0.717) is 11.7 Å². The Hall–Kier alpha value is -2.01. The van der Waals surface area contributed by atoms with Crippen LogP contribution in [0.3, 0.4) is 0 Å². The van der Waals surface area contributed by atoms with Crippen molar-refractivity contribution in [3.05, 3.63) is 35.9 Å². The Balaban J connectivity index is 2.31. The fourth-order valence-corrected chi connectivity index (χ4v) is 1.59. The topological polar surface area (TPSA) is 73.3 Å². The number of nitrogens with two attached hydrogens (primary N) is 1. The van der Waals surface area contributed by atoms with Crippen LogP contribution in [0.5, 0.6) is 5.88 Å². The number of rotatable bonds is 4. The second-order valence-corrected chi connectivity index (χ2v) is 4.22. The van der Waals surface area contributed by atoms with Crippen molar-refractivity contribution >= 4 is 5.82 Å². The highest BCUT2D eigenvalue weighted by molar-refractivity contribution is 5.51. The predicted molar refractivity (Wildman–Crippen MR) is 69.9 cm³/mol. The number of para-hydroxylation sites is 1. The molecular formula is C13H17N3O2. The van der Waals surface area contributed by atoms with Gasteiger partial charge in [0.25, 0.3) is 0 Å². The van der Waals surface area contributed by atoms with Gasteiger partial charge in [-0.1, -0.05) is 18.2 Å². The zero-order valence-electron chi connectivity index (χ0n) is 10.5. The summed E-state index contributed by atoms with van der Waals surface area (Å²) in [5, 5.41) is 13.5. The van der Waals surface area contributed by atoms with Crippen LogP contribution < -0.4 is 10.5 Å². The van der Waals surface area contributed by atoms with Crippen molar-refractivity contribution in [2.45, 2.75) is 20.0 Å². The molecule has 1 aromatic heterocycles. The molecule has 1 aromatic carbocycles. The van der Waals surface area contributed by atoms with Gasteiger partial charge in [-0.15, -0.1) is 5.10 Å². The van der Waals surface area contributed by atoms with E-state index in [1.165, 1.54) is 0 Å². The molecular weight excluding hydrogens is 230 g/mol. The molecule has 1 atom stereocenters. The van der Waals surface area contributed by atoms with Gasteiger partial charge in [-0.05, 0) is 26.0 Å². The molecule has 0 aliphatic heterocycles. The summed E-state index contributed by atoms with van der Waals surface area (Å²) in [7, 11) is 0. The Morgan fingerprint density at radius 2 is 2.06 bits per heavy atom. The van der Waals surface area contributed by atoms with Crippen LogP contribution >= 0.6 is 0 Å². The monoisotopic (exact) mass is 247 g/mol. The van der Waals surface area contributed by atoms with Gasteiger partial charge >= 0.3 is 0 Å². The van der Waals surface area contributed by atoms with Gasteiger partial charge in [-0.25, -0.2) is 4.68 Å². The molecule has 18 heavy (non-hydrogen) atoms. The summed E-state index contributed by atoms with van der Waals surface area (Å²) >= 11 is 0. The Kier molecular flexibility index (Phi) is 3.53. The van der Waals surface area contributed by atoms with Crippen molar-refractivity contribution in [3.63, 3.8) is 0 Å². The molecule has 2 rings (SSSR count). The second kappa shape index (κ2) is 5.10. The van der Waals surface area contributed by atoms with Crippen molar-refractivity contribution < 1.29 is 9.84 Å². The average molecular weight is 247 g/mol. The molecule has 0 spiro atoms. The van der Waals surface area contributed by atoms with Gasteiger partial charge in [0, 0.05) is 0 Å². The molecule has 2 aromatic rings. The SMILES string of the molecule is Cc1c(OC[C@@H](C)O)nn(-c2ccccc2)c1N. The van der Waals surface area contributed by atoms with E-state index in [1.54, 1.807) is 11.6 Å². The summed E-state index contributed by atoms with van der Waals surface area (Å²) in [6.07, 6.45) is -0.535. The van der Waals surface area contributed by atoms with Crippen molar-refractivity contribution in [1.29, 1.82) is 0 Å². The highest BCUT2D eigenvalue weighted by Crippen LogP contribution is 2.25. The Labute approximate surface area is 106 Å². The van der Waals surface area contributed by atoms with E-state index in [0.717, 1.165) is 11.3 Å². The zero-order chi connectivity index (χ0) is 13.1. The smallest absolute Gasteiger partial charge is 0.238 e. The number of hydrogen-bond acceptors (Lipinski definition) is 4. The third-order valence-electron chi connectivity index (χ3n) is 2.59. The molecule has 0 fully saturated rings. The van der Waals surface area contributed by atoms with Crippen molar-refractivity contribution in [1.82, 2.24) is 9.78 Å². The van der Waals surface area contributed by atoms with Gasteiger partial charge in [0.1, 0.15) is 12.4 Å². The van der Waals surface area contributed by atoms with Crippen LogP contribution in [-0.2, 0) is 0 Å². The lowest BCUT2D eigenvalue weighted by molar-refractivity contribution is 0.119. The molecule has 5 heteroatoms. The van der Waals surface area contributed by atoms with Crippen LogP contribution in [0, 0.1) is 6.92 Å². The Morgan fingerprint density at radius 1 is 1.39 bits per heavy atom. The Bertz CT molecular complexity index is 521. The van der Waals surface area contributed by atoms with Crippen LogP contribution in [0.4, 0.5) is 5.82 Å². The first kappa shape index (κ1) is 12.4. The van der Waals surface area contributed by atoms with E-state index in [-0.39, 0.29) is 6.61 Å². The van der Waals surface area contributed by atoms with Crippen LogP contribution in [0.25, 0.3) is 5.69 Å². The molecule has 96 valence electrons. The van der Waals surface area contributed by atoms with Crippen molar-refractivity contribution in [2.24, 2.45) is 0 Å². The molecule has 0 bridgehead atoms. The lowest BCUT2D eigenvalue weighted by Gasteiger charge is -2.05. The van der Waals surface area contributed by atoms with E-state index >= 15 is 0 Å². The number of aliphatic hydroxyl groups excluding tert-OH is 1. The first-order chi connectivity index (χ1) is 8.59. The highest BCUT2D eigenvalue weighted by Gasteiger charge is 2.14. The number of benzene rings is 1. The summed E-state index contributed by atoms with van der Waals surface area (Å²) in [6.45, 7) is 3.71. The van der Waals surface area contributed by atoms with E-state index < -0.39 is 6.10 Å². The molecule has 3 N–H and O–H groups in total. The molecule has 0 radical (unpaired) electrons. The summed E-state index contributed by atoms with van der Waals surface area (Å²) in [6, 6.07) is 9.60. The first-order valence-corrected chi connectivity index (χ1v) is 5.81. The number of aliphatic hydroxyl groups is 1. The van der Waals surface area contributed by atoms with Gasteiger partial charge in [0.15, 0.2) is 0 Å². The highest BCUT2D eigenvalue weighted by atomic mass is 16.5.